The lowest BCUT2D eigenvalue weighted by atomic mass is 10.0. The molecule has 0 radical (unpaired) electrons. The molecule has 0 unspecified atom stereocenters. The first kappa shape index (κ1) is 8.30. The van der Waals surface area contributed by atoms with Crippen LogP contribution in [0.15, 0.2) is 35.6 Å². The molecule has 0 aromatic heterocycles. The molecule has 1 fully saturated rings. The van der Waals surface area contributed by atoms with Gasteiger partial charge in [0.05, 0.1) is 0 Å². The molecule has 2 heteroatoms. The van der Waals surface area contributed by atoms with Crippen molar-refractivity contribution in [2.24, 2.45) is 0 Å². The standard InChI is InChI=1S/C11H13NO/c1-12-10-6-4-2-3-5-9(10)7-8-11(12)13/h2-3,5-6H,4,7-8H2,1H3. The third kappa shape index (κ3) is 1.44. The zero-order valence-corrected chi connectivity index (χ0v) is 7.79. The Bertz CT molecular complexity index is 323. The normalized spacial score (nSPS) is 21.9. The molecule has 13 heavy (non-hydrogen) atoms. The molecule has 2 nitrogen and oxygen atoms in total. The molecule has 1 heterocycles. The third-order valence-corrected chi connectivity index (χ3v) is 2.55. The van der Waals surface area contributed by atoms with Gasteiger partial charge in [-0.3, -0.25) is 4.79 Å². The lowest BCUT2D eigenvalue weighted by molar-refractivity contribution is -0.128. The van der Waals surface area contributed by atoms with Crippen LogP contribution in [0.2, 0.25) is 0 Å². The van der Waals surface area contributed by atoms with Crippen molar-refractivity contribution < 1.29 is 4.79 Å². The molecule has 0 aromatic carbocycles. The van der Waals surface area contributed by atoms with Crippen molar-refractivity contribution in [1.29, 1.82) is 0 Å². The number of hydrogen-bond acceptors (Lipinski definition) is 1. The fraction of sp³-hybridized carbons (Fsp3) is 0.364. The van der Waals surface area contributed by atoms with E-state index in [1.165, 1.54) is 5.57 Å². The summed E-state index contributed by atoms with van der Waals surface area (Å²) in [5.74, 6) is 0.227. The number of amides is 1. The van der Waals surface area contributed by atoms with Gasteiger partial charge in [-0.1, -0.05) is 24.3 Å². The fourth-order valence-electron chi connectivity index (χ4n) is 1.77. The van der Waals surface area contributed by atoms with Crippen molar-refractivity contribution in [2.75, 3.05) is 7.05 Å². The van der Waals surface area contributed by atoms with E-state index < -0.39 is 0 Å². The van der Waals surface area contributed by atoms with Crippen LogP contribution in [0.1, 0.15) is 19.3 Å². The maximum absolute atomic E-state index is 11.4. The molecule has 0 aromatic rings. The van der Waals surface area contributed by atoms with E-state index in [1.807, 2.05) is 7.05 Å². The number of rotatable bonds is 0. The van der Waals surface area contributed by atoms with Gasteiger partial charge in [-0.15, -0.1) is 0 Å². The largest absolute Gasteiger partial charge is 0.316 e. The van der Waals surface area contributed by atoms with Gasteiger partial charge in [0, 0.05) is 19.2 Å². The smallest absolute Gasteiger partial charge is 0.227 e. The van der Waals surface area contributed by atoms with Crippen LogP contribution in [0.25, 0.3) is 0 Å². The minimum absolute atomic E-state index is 0.227. The molecule has 0 spiro atoms. The Hall–Kier alpha value is -1.31. The summed E-state index contributed by atoms with van der Waals surface area (Å²) in [5.41, 5.74) is 2.39. The Morgan fingerprint density at radius 2 is 2.23 bits per heavy atom. The number of hydrogen-bond donors (Lipinski definition) is 0. The predicted molar refractivity (Wildman–Crippen MR) is 51.9 cm³/mol. The van der Waals surface area contributed by atoms with Crippen LogP contribution in [0.5, 0.6) is 0 Å². The van der Waals surface area contributed by atoms with E-state index in [4.69, 9.17) is 0 Å². The van der Waals surface area contributed by atoms with Crippen LogP contribution in [-0.2, 0) is 4.79 Å². The molecule has 0 N–H and O–H groups in total. The Balaban J connectivity index is 2.35. The summed E-state index contributed by atoms with van der Waals surface area (Å²) < 4.78 is 0. The monoisotopic (exact) mass is 175 g/mol. The van der Waals surface area contributed by atoms with Crippen molar-refractivity contribution in [3.8, 4) is 0 Å². The van der Waals surface area contributed by atoms with Crippen LogP contribution >= 0.6 is 0 Å². The summed E-state index contributed by atoms with van der Waals surface area (Å²) in [6, 6.07) is 0. The van der Waals surface area contributed by atoms with Crippen molar-refractivity contribution in [3.63, 3.8) is 0 Å². The summed E-state index contributed by atoms with van der Waals surface area (Å²) in [7, 11) is 1.85. The molecule has 68 valence electrons. The van der Waals surface area contributed by atoms with Crippen LogP contribution in [-0.4, -0.2) is 17.9 Å². The van der Waals surface area contributed by atoms with E-state index in [9.17, 15) is 4.79 Å². The van der Waals surface area contributed by atoms with Gasteiger partial charge in [0.1, 0.15) is 0 Å². The van der Waals surface area contributed by atoms with E-state index in [1.54, 1.807) is 4.90 Å². The van der Waals surface area contributed by atoms with Gasteiger partial charge in [-0.05, 0) is 18.4 Å². The summed E-state index contributed by atoms with van der Waals surface area (Å²) >= 11 is 0. The topological polar surface area (TPSA) is 20.3 Å². The summed E-state index contributed by atoms with van der Waals surface area (Å²) in [6.07, 6.45) is 10.9. The quantitative estimate of drug-likeness (QED) is 0.551. The van der Waals surface area contributed by atoms with E-state index >= 15 is 0 Å². The van der Waals surface area contributed by atoms with E-state index in [-0.39, 0.29) is 5.91 Å². The molecular formula is C11H13NO. The predicted octanol–water partition coefficient (Wildman–Crippen LogP) is 2.01. The highest BCUT2D eigenvalue weighted by molar-refractivity contribution is 5.81. The first-order chi connectivity index (χ1) is 6.29. The number of carbonyl (C=O) groups excluding carboxylic acids is 1. The average Bonchev–Trinajstić information content (AvgIpc) is 2.36. The minimum Gasteiger partial charge on any atom is -0.316 e. The number of fused-ring (bicyclic) bond motifs is 1. The summed E-state index contributed by atoms with van der Waals surface area (Å²) in [4.78, 5) is 13.2. The number of allylic oxidation sites excluding steroid dienone is 5. The Morgan fingerprint density at radius 3 is 3.08 bits per heavy atom. The molecule has 0 saturated carbocycles. The lowest BCUT2D eigenvalue weighted by Gasteiger charge is -2.27. The zero-order chi connectivity index (χ0) is 9.26. The third-order valence-electron chi connectivity index (χ3n) is 2.55. The Morgan fingerprint density at radius 1 is 1.38 bits per heavy atom. The second-order valence-electron chi connectivity index (χ2n) is 3.40. The van der Waals surface area contributed by atoms with Crippen LogP contribution < -0.4 is 0 Å². The first-order valence-electron chi connectivity index (χ1n) is 4.62. The SMILES string of the molecule is CN1C(=O)CCC2=CC=CCC=C21. The van der Waals surface area contributed by atoms with Crippen molar-refractivity contribution >= 4 is 5.91 Å². The molecule has 1 amide bonds. The van der Waals surface area contributed by atoms with Gasteiger partial charge in [-0.2, -0.15) is 0 Å². The number of likely N-dealkylation sites (tertiary alicyclic amines) is 1. The van der Waals surface area contributed by atoms with E-state index in [0.717, 1.165) is 18.5 Å². The highest BCUT2D eigenvalue weighted by Gasteiger charge is 2.22. The van der Waals surface area contributed by atoms with Gasteiger partial charge in [0.2, 0.25) is 5.91 Å². The van der Waals surface area contributed by atoms with Crippen LogP contribution in [0, 0.1) is 0 Å². The highest BCUT2D eigenvalue weighted by atomic mass is 16.2. The minimum atomic E-state index is 0.227. The molecule has 0 atom stereocenters. The van der Waals surface area contributed by atoms with E-state index in [0.29, 0.717) is 6.42 Å². The van der Waals surface area contributed by atoms with Gasteiger partial charge in [0.15, 0.2) is 0 Å². The van der Waals surface area contributed by atoms with Crippen molar-refractivity contribution in [2.45, 2.75) is 19.3 Å². The van der Waals surface area contributed by atoms with Gasteiger partial charge in [0.25, 0.3) is 0 Å². The highest BCUT2D eigenvalue weighted by Crippen LogP contribution is 2.27. The van der Waals surface area contributed by atoms with E-state index in [2.05, 4.69) is 24.3 Å². The lowest BCUT2D eigenvalue weighted by Crippen LogP contribution is -2.30. The number of carbonyl (C=O) groups is 1. The van der Waals surface area contributed by atoms with Crippen LogP contribution in [0.3, 0.4) is 0 Å². The number of likely N-dealkylation sites (N-methyl/N-ethyl adjacent to an activating group) is 1. The molecule has 1 saturated heterocycles. The van der Waals surface area contributed by atoms with Crippen LogP contribution in [0.4, 0.5) is 0 Å². The second kappa shape index (κ2) is 3.21. The van der Waals surface area contributed by atoms with Gasteiger partial charge >= 0.3 is 0 Å². The molecule has 2 aliphatic rings. The molecular weight excluding hydrogens is 162 g/mol. The Kier molecular flexibility index (Phi) is 2.05. The second-order valence-corrected chi connectivity index (χ2v) is 3.40. The first-order valence-corrected chi connectivity index (χ1v) is 4.62. The molecule has 1 aliphatic carbocycles. The molecule has 2 rings (SSSR count). The fourth-order valence-corrected chi connectivity index (χ4v) is 1.77. The van der Waals surface area contributed by atoms with Crippen molar-refractivity contribution in [1.82, 2.24) is 4.90 Å². The molecule has 1 aliphatic heterocycles. The average molecular weight is 175 g/mol. The Labute approximate surface area is 78.2 Å². The zero-order valence-electron chi connectivity index (χ0n) is 7.79. The van der Waals surface area contributed by atoms with Gasteiger partial charge in [-0.25, -0.2) is 0 Å². The number of nitrogens with zero attached hydrogens (tertiary/aromatic N) is 1. The maximum atomic E-state index is 11.4. The number of piperidine rings is 1. The summed E-state index contributed by atoms with van der Waals surface area (Å²) in [5, 5.41) is 0. The summed E-state index contributed by atoms with van der Waals surface area (Å²) in [6.45, 7) is 0. The van der Waals surface area contributed by atoms with Gasteiger partial charge < -0.3 is 4.90 Å². The molecule has 0 bridgehead atoms. The van der Waals surface area contributed by atoms with Crippen molar-refractivity contribution in [3.05, 3.63) is 35.6 Å². The maximum Gasteiger partial charge on any atom is 0.227 e.